The lowest BCUT2D eigenvalue weighted by atomic mass is 10.2. The Kier molecular flexibility index (Phi) is 6.25. The summed E-state index contributed by atoms with van der Waals surface area (Å²) in [6.45, 7) is -0.306. The molecule has 2 amide bonds. The fourth-order valence-electron chi connectivity index (χ4n) is 1.77. The van der Waals surface area contributed by atoms with Gasteiger partial charge in [0.1, 0.15) is 11.6 Å². The normalized spacial score (nSPS) is 10.1. The maximum absolute atomic E-state index is 13.0. The second-order valence-corrected chi connectivity index (χ2v) is 4.85. The molecule has 6 nitrogen and oxygen atoms in total. The summed E-state index contributed by atoms with van der Waals surface area (Å²) in [5.74, 6) is -1.12. The van der Waals surface area contributed by atoms with Crippen LogP contribution in [0.4, 0.5) is 4.39 Å². The van der Waals surface area contributed by atoms with Crippen LogP contribution in [0.15, 0.2) is 54.6 Å². The number of amides is 2. The SMILES string of the molecule is N#Cc1ccc(OCC(=O)NNC(=O)/C=C/c2cccc(F)c2)cc1. The highest BCUT2D eigenvalue weighted by Crippen LogP contribution is 2.11. The summed E-state index contributed by atoms with van der Waals surface area (Å²) < 4.78 is 18.2. The van der Waals surface area contributed by atoms with Crippen LogP contribution in [-0.4, -0.2) is 18.4 Å². The van der Waals surface area contributed by atoms with Gasteiger partial charge >= 0.3 is 0 Å². The minimum absolute atomic E-state index is 0.306. The van der Waals surface area contributed by atoms with Gasteiger partial charge in [0.25, 0.3) is 11.8 Å². The average molecular weight is 339 g/mol. The fourth-order valence-corrected chi connectivity index (χ4v) is 1.77. The summed E-state index contributed by atoms with van der Waals surface area (Å²) in [5, 5.41) is 8.68. The van der Waals surface area contributed by atoms with Gasteiger partial charge in [0.15, 0.2) is 6.61 Å². The first-order valence-electron chi connectivity index (χ1n) is 7.22. The minimum atomic E-state index is -0.573. The molecule has 0 saturated heterocycles. The van der Waals surface area contributed by atoms with Crippen LogP contribution in [-0.2, 0) is 9.59 Å². The highest BCUT2D eigenvalue weighted by Gasteiger charge is 2.04. The summed E-state index contributed by atoms with van der Waals surface area (Å²) in [6, 6.07) is 13.9. The van der Waals surface area contributed by atoms with Crippen molar-refractivity contribution in [2.75, 3.05) is 6.61 Å². The van der Waals surface area contributed by atoms with E-state index in [1.807, 2.05) is 6.07 Å². The van der Waals surface area contributed by atoms with Gasteiger partial charge in [0.2, 0.25) is 0 Å². The molecule has 2 aromatic rings. The molecule has 0 aliphatic rings. The van der Waals surface area contributed by atoms with E-state index in [-0.39, 0.29) is 6.61 Å². The van der Waals surface area contributed by atoms with E-state index in [2.05, 4.69) is 10.9 Å². The topological polar surface area (TPSA) is 91.2 Å². The molecular weight excluding hydrogens is 325 g/mol. The van der Waals surface area contributed by atoms with Crippen molar-refractivity contribution in [2.45, 2.75) is 0 Å². The maximum Gasteiger partial charge on any atom is 0.276 e. The average Bonchev–Trinajstić information content (AvgIpc) is 2.63. The summed E-state index contributed by atoms with van der Waals surface area (Å²) in [5.41, 5.74) is 5.36. The molecular formula is C18H14FN3O3. The van der Waals surface area contributed by atoms with E-state index in [4.69, 9.17) is 10.00 Å². The molecule has 0 heterocycles. The Morgan fingerprint density at radius 2 is 1.92 bits per heavy atom. The van der Waals surface area contributed by atoms with Crippen molar-refractivity contribution in [3.8, 4) is 11.8 Å². The molecule has 0 atom stereocenters. The van der Waals surface area contributed by atoms with Crippen LogP contribution < -0.4 is 15.6 Å². The van der Waals surface area contributed by atoms with E-state index in [0.717, 1.165) is 6.08 Å². The van der Waals surface area contributed by atoms with Gasteiger partial charge in [-0.2, -0.15) is 5.26 Å². The van der Waals surface area contributed by atoms with E-state index >= 15 is 0 Å². The number of ether oxygens (including phenoxy) is 1. The molecule has 0 aromatic heterocycles. The molecule has 0 radical (unpaired) electrons. The van der Waals surface area contributed by atoms with Gasteiger partial charge in [0, 0.05) is 6.08 Å². The molecule has 0 saturated carbocycles. The number of benzene rings is 2. The van der Waals surface area contributed by atoms with Crippen molar-refractivity contribution >= 4 is 17.9 Å². The van der Waals surface area contributed by atoms with Crippen molar-refractivity contribution in [3.05, 3.63) is 71.6 Å². The number of nitrogens with zero attached hydrogens (tertiary/aromatic N) is 1. The van der Waals surface area contributed by atoms with Gasteiger partial charge in [0.05, 0.1) is 11.6 Å². The number of carbonyl (C=O) groups excluding carboxylic acids is 2. The van der Waals surface area contributed by atoms with Crippen molar-refractivity contribution in [2.24, 2.45) is 0 Å². The van der Waals surface area contributed by atoms with E-state index in [9.17, 15) is 14.0 Å². The highest BCUT2D eigenvalue weighted by molar-refractivity contribution is 5.93. The second-order valence-electron chi connectivity index (χ2n) is 4.85. The first kappa shape index (κ1) is 17.7. The molecule has 0 spiro atoms. The molecule has 25 heavy (non-hydrogen) atoms. The number of hydrogen-bond acceptors (Lipinski definition) is 4. The van der Waals surface area contributed by atoms with E-state index in [1.54, 1.807) is 30.3 Å². The zero-order chi connectivity index (χ0) is 18.1. The highest BCUT2D eigenvalue weighted by atomic mass is 19.1. The number of nitrogens with one attached hydrogen (secondary N) is 2. The summed E-state index contributed by atoms with van der Waals surface area (Å²) in [7, 11) is 0. The summed E-state index contributed by atoms with van der Waals surface area (Å²) in [4.78, 5) is 23.2. The van der Waals surface area contributed by atoms with Crippen LogP contribution in [0.1, 0.15) is 11.1 Å². The zero-order valence-electron chi connectivity index (χ0n) is 13.0. The van der Waals surface area contributed by atoms with Gasteiger partial charge in [-0.15, -0.1) is 0 Å². The molecule has 0 bridgehead atoms. The molecule has 2 rings (SSSR count). The molecule has 0 aliphatic carbocycles. The molecule has 0 aliphatic heterocycles. The van der Waals surface area contributed by atoms with Gasteiger partial charge in [-0.1, -0.05) is 12.1 Å². The molecule has 0 fully saturated rings. The smallest absolute Gasteiger partial charge is 0.276 e. The predicted octanol–water partition coefficient (Wildman–Crippen LogP) is 1.94. The van der Waals surface area contributed by atoms with Crippen molar-refractivity contribution in [1.82, 2.24) is 10.9 Å². The fraction of sp³-hybridized carbons (Fsp3) is 0.0556. The third-order valence-corrected chi connectivity index (χ3v) is 2.95. The maximum atomic E-state index is 13.0. The Labute approximate surface area is 143 Å². The summed E-state index contributed by atoms with van der Waals surface area (Å²) >= 11 is 0. The molecule has 0 unspecified atom stereocenters. The van der Waals surface area contributed by atoms with E-state index in [1.165, 1.54) is 24.3 Å². The van der Waals surface area contributed by atoms with Crippen LogP contribution in [0.5, 0.6) is 5.75 Å². The molecule has 2 aromatic carbocycles. The first-order valence-corrected chi connectivity index (χ1v) is 7.22. The Hall–Kier alpha value is -3.66. The van der Waals surface area contributed by atoms with Crippen LogP contribution in [0.25, 0.3) is 6.08 Å². The Morgan fingerprint density at radius 3 is 2.60 bits per heavy atom. The molecule has 2 N–H and O–H groups in total. The predicted molar refractivity (Wildman–Crippen MR) is 88.4 cm³/mol. The Balaban J connectivity index is 1.73. The third-order valence-electron chi connectivity index (χ3n) is 2.95. The van der Waals surface area contributed by atoms with Gasteiger partial charge in [-0.05, 0) is 48.0 Å². The van der Waals surface area contributed by atoms with Crippen molar-refractivity contribution in [3.63, 3.8) is 0 Å². The number of hydrazine groups is 1. The van der Waals surface area contributed by atoms with E-state index < -0.39 is 17.6 Å². The second kappa shape index (κ2) is 8.84. The Bertz CT molecular complexity index is 826. The Morgan fingerprint density at radius 1 is 1.16 bits per heavy atom. The lowest BCUT2D eigenvalue weighted by Gasteiger charge is -2.07. The number of nitriles is 1. The largest absolute Gasteiger partial charge is 0.484 e. The minimum Gasteiger partial charge on any atom is -0.484 e. The number of rotatable bonds is 5. The number of carbonyl (C=O) groups is 2. The zero-order valence-corrected chi connectivity index (χ0v) is 13.0. The monoisotopic (exact) mass is 339 g/mol. The van der Waals surface area contributed by atoms with Crippen molar-refractivity contribution < 1.29 is 18.7 Å². The lowest BCUT2D eigenvalue weighted by Crippen LogP contribution is -2.43. The quantitative estimate of drug-likeness (QED) is 0.643. The van der Waals surface area contributed by atoms with Crippen LogP contribution in [0.2, 0.25) is 0 Å². The third kappa shape index (κ3) is 6.15. The van der Waals surface area contributed by atoms with Crippen LogP contribution >= 0.6 is 0 Å². The lowest BCUT2D eigenvalue weighted by molar-refractivity contribution is -0.128. The van der Waals surface area contributed by atoms with Crippen molar-refractivity contribution in [1.29, 1.82) is 5.26 Å². The standard InChI is InChI=1S/C18H14FN3O3/c19-15-3-1-2-13(10-15)6-9-17(23)21-22-18(24)12-25-16-7-4-14(11-20)5-8-16/h1-10H,12H2,(H,21,23)(H,22,24)/b9-6+. The summed E-state index contributed by atoms with van der Waals surface area (Å²) in [6.07, 6.45) is 2.58. The van der Waals surface area contributed by atoms with Crippen LogP contribution in [0.3, 0.4) is 0 Å². The van der Waals surface area contributed by atoms with Gasteiger partial charge in [-0.3, -0.25) is 20.4 Å². The van der Waals surface area contributed by atoms with E-state index in [0.29, 0.717) is 16.9 Å². The van der Waals surface area contributed by atoms with Crippen LogP contribution in [0, 0.1) is 17.1 Å². The molecule has 126 valence electrons. The number of halogens is 1. The molecule has 7 heteroatoms. The number of hydrogen-bond donors (Lipinski definition) is 2. The first-order chi connectivity index (χ1) is 12.1. The van der Waals surface area contributed by atoms with Gasteiger partial charge in [-0.25, -0.2) is 4.39 Å². The van der Waals surface area contributed by atoms with Gasteiger partial charge < -0.3 is 4.74 Å².